The monoisotopic (exact) mass is 391 g/mol. The number of ether oxygens (including phenoxy) is 2. The zero-order valence-corrected chi connectivity index (χ0v) is 15.5. The van der Waals surface area contributed by atoms with Gasteiger partial charge in [0.2, 0.25) is 5.91 Å². The van der Waals surface area contributed by atoms with Crippen LogP contribution in [0, 0.1) is 10.1 Å². The molecular weight excluding hydrogens is 374 g/mol. The Labute approximate surface area is 160 Å². The Hall–Kier alpha value is -3.13. The van der Waals surface area contributed by atoms with Gasteiger partial charge in [0.1, 0.15) is 0 Å². The average molecular weight is 392 g/mol. The third kappa shape index (κ3) is 5.42. The number of nitrogens with one attached hydrogen (secondary N) is 1. The number of nitro benzene ring substituents is 1. The van der Waals surface area contributed by atoms with E-state index in [-0.39, 0.29) is 12.1 Å². The van der Waals surface area contributed by atoms with Crippen LogP contribution in [0.5, 0.6) is 11.5 Å². The minimum absolute atomic E-state index is 0.111. The van der Waals surface area contributed by atoms with E-state index in [1.54, 1.807) is 24.3 Å². The van der Waals surface area contributed by atoms with Gasteiger partial charge in [-0.05, 0) is 24.6 Å². The second-order valence-corrected chi connectivity index (χ2v) is 5.73. The Bertz CT molecular complexity index is 870. The molecule has 0 aliphatic rings. The topological polar surface area (TPSA) is 103 Å². The van der Waals surface area contributed by atoms with E-state index in [1.807, 2.05) is 6.92 Å². The van der Waals surface area contributed by atoms with Gasteiger partial charge in [-0.3, -0.25) is 14.9 Å². The largest absolute Gasteiger partial charge is 0.493 e. The molecule has 0 aliphatic heterocycles. The number of halogens is 1. The second kappa shape index (κ2) is 9.54. The van der Waals surface area contributed by atoms with Crippen LogP contribution in [0.2, 0.25) is 5.02 Å². The summed E-state index contributed by atoms with van der Waals surface area (Å²) in [6, 6.07) is 9.33. The molecule has 0 radical (unpaired) electrons. The number of nitro groups is 1. The summed E-state index contributed by atoms with van der Waals surface area (Å²) in [5.41, 5.74) is 3.12. The molecule has 0 saturated carbocycles. The smallest absolute Gasteiger partial charge is 0.273 e. The van der Waals surface area contributed by atoms with Gasteiger partial charge in [0.05, 0.1) is 36.3 Å². The molecule has 0 unspecified atom stereocenters. The predicted octanol–water partition coefficient (Wildman–Crippen LogP) is 3.35. The Balaban J connectivity index is 2.06. The van der Waals surface area contributed by atoms with E-state index >= 15 is 0 Å². The molecule has 27 heavy (non-hydrogen) atoms. The van der Waals surface area contributed by atoms with E-state index in [9.17, 15) is 14.9 Å². The van der Waals surface area contributed by atoms with E-state index in [0.29, 0.717) is 34.3 Å². The highest BCUT2D eigenvalue weighted by atomic mass is 35.5. The summed E-state index contributed by atoms with van der Waals surface area (Å²) in [6.07, 6.45) is 1.23. The number of methoxy groups -OCH3 is 1. The SMILES string of the molecule is CCOc1c(Cl)cc(C=NNC(=O)Cc2ccccc2[N+](=O)[O-])cc1OC. The van der Waals surface area contributed by atoms with Crippen molar-refractivity contribution in [2.45, 2.75) is 13.3 Å². The summed E-state index contributed by atoms with van der Waals surface area (Å²) in [4.78, 5) is 22.4. The molecule has 2 rings (SSSR count). The van der Waals surface area contributed by atoms with Crippen molar-refractivity contribution in [2.75, 3.05) is 13.7 Å². The molecule has 1 N–H and O–H groups in total. The quantitative estimate of drug-likeness (QED) is 0.422. The molecule has 2 aromatic carbocycles. The summed E-state index contributed by atoms with van der Waals surface area (Å²) in [5, 5.41) is 15.2. The lowest BCUT2D eigenvalue weighted by Crippen LogP contribution is -2.20. The molecule has 0 fully saturated rings. The first-order valence-electron chi connectivity index (χ1n) is 8.00. The van der Waals surface area contributed by atoms with Crippen molar-refractivity contribution in [1.82, 2.24) is 5.43 Å². The minimum atomic E-state index is -0.528. The predicted molar refractivity (Wildman–Crippen MR) is 102 cm³/mol. The molecule has 0 bridgehead atoms. The number of carbonyl (C=O) groups excluding carboxylic acids is 1. The number of carbonyl (C=O) groups is 1. The van der Waals surface area contributed by atoms with Crippen molar-refractivity contribution >= 4 is 29.4 Å². The van der Waals surface area contributed by atoms with Crippen molar-refractivity contribution in [3.05, 3.63) is 62.7 Å². The van der Waals surface area contributed by atoms with Gasteiger partial charge in [-0.15, -0.1) is 0 Å². The maximum absolute atomic E-state index is 12.0. The van der Waals surface area contributed by atoms with Crippen LogP contribution in [0.4, 0.5) is 5.69 Å². The Morgan fingerprint density at radius 2 is 2.11 bits per heavy atom. The molecule has 8 nitrogen and oxygen atoms in total. The standard InChI is InChI=1S/C18H18ClN3O5/c1-3-27-18-14(19)8-12(9-16(18)26-2)11-20-21-17(23)10-13-6-4-5-7-15(13)22(24)25/h4-9,11H,3,10H2,1-2H3,(H,21,23). The minimum Gasteiger partial charge on any atom is -0.493 e. The van der Waals surface area contributed by atoms with Crippen molar-refractivity contribution < 1.29 is 19.2 Å². The van der Waals surface area contributed by atoms with Crippen LogP contribution in [0.15, 0.2) is 41.5 Å². The summed E-state index contributed by atoms with van der Waals surface area (Å²) in [6.45, 7) is 2.27. The fraction of sp³-hybridized carbons (Fsp3) is 0.222. The van der Waals surface area contributed by atoms with Gasteiger partial charge in [-0.1, -0.05) is 29.8 Å². The zero-order chi connectivity index (χ0) is 19.8. The number of nitrogens with zero attached hydrogens (tertiary/aromatic N) is 2. The first-order chi connectivity index (χ1) is 13.0. The maximum atomic E-state index is 12.0. The molecule has 0 atom stereocenters. The molecule has 1 amide bonds. The molecule has 0 spiro atoms. The number of hydrogen-bond donors (Lipinski definition) is 1. The zero-order valence-electron chi connectivity index (χ0n) is 14.8. The van der Waals surface area contributed by atoms with Crippen molar-refractivity contribution in [2.24, 2.45) is 5.10 Å². The number of rotatable bonds is 8. The van der Waals surface area contributed by atoms with E-state index in [2.05, 4.69) is 10.5 Å². The van der Waals surface area contributed by atoms with Crippen molar-refractivity contribution in [3.63, 3.8) is 0 Å². The highest BCUT2D eigenvalue weighted by Crippen LogP contribution is 2.35. The highest BCUT2D eigenvalue weighted by Gasteiger charge is 2.15. The third-order valence-electron chi connectivity index (χ3n) is 3.48. The molecule has 2 aromatic rings. The van der Waals surface area contributed by atoms with Crippen LogP contribution in [-0.2, 0) is 11.2 Å². The lowest BCUT2D eigenvalue weighted by atomic mass is 10.1. The van der Waals surface area contributed by atoms with Crippen LogP contribution < -0.4 is 14.9 Å². The van der Waals surface area contributed by atoms with E-state index in [4.69, 9.17) is 21.1 Å². The first-order valence-corrected chi connectivity index (χ1v) is 8.38. The van der Waals surface area contributed by atoms with Gasteiger partial charge in [0.25, 0.3) is 5.69 Å². The summed E-state index contributed by atoms with van der Waals surface area (Å²) in [7, 11) is 1.49. The van der Waals surface area contributed by atoms with Crippen molar-refractivity contribution in [3.8, 4) is 11.5 Å². The molecular formula is C18H18ClN3O5. The lowest BCUT2D eigenvalue weighted by molar-refractivity contribution is -0.385. The normalized spacial score (nSPS) is 10.6. The van der Waals surface area contributed by atoms with E-state index in [1.165, 1.54) is 25.5 Å². The van der Waals surface area contributed by atoms with Crippen LogP contribution in [0.1, 0.15) is 18.1 Å². The van der Waals surface area contributed by atoms with Gasteiger partial charge in [0.15, 0.2) is 11.5 Å². The van der Waals surface area contributed by atoms with Crippen LogP contribution in [0.25, 0.3) is 0 Å². The molecule has 0 aliphatic carbocycles. The highest BCUT2D eigenvalue weighted by molar-refractivity contribution is 6.32. The first kappa shape index (κ1) is 20.2. The fourth-order valence-electron chi connectivity index (χ4n) is 2.33. The molecule has 0 aromatic heterocycles. The number of para-hydroxylation sites is 1. The van der Waals surface area contributed by atoms with Gasteiger partial charge in [-0.2, -0.15) is 5.10 Å². The summed E-state index contributed by atoms with van der Waals surface area (Å²) in [5.74, 6) is 0.390. The lowest BCUT2D eigenvalue weighted by Gasteiger charge is -2.11. The molecule has 142 valence electrons. The second-order valence-electron chi connectivity index (χ2n) is 5.32. The number of hydrazone groups is 1. The third-order valence-corrected chi connectivity index (χ3v) is 3.76. The van der Waals surface area contributed by atoms with Gasteiger partial charge >= 0.3 is 0 Å². The molecule has 0 heterocycles. The van der Waals surface area contributed by atoms with Crippen LogP contribution >= 0.6 is 11.6 Å². The fourth-order valence-corrected chi connectivity index (χ4v) is 2.60. The van der Waals surface area contributed by atoms with Gasteiger partial charge in [-0.25, -0.2) is 5.43 Å². The Kier molecular flexibility index (Phi) is 7.13. The average Bonchev–Trinajstić information content (AvgIpc) is 2.64. The number of hydrogen-bond acceptors (Lipinski definition) is 6. The molecule has 0 saturated heterocycles. The number of benzene rings is 2. The Morgan fingerprint density at radius 3 is 2.78 bits per heavy atom. The van der Waals surface area contributed by atoms with Gasteiger partial charge < -0.3 is 9.47 Å². The Morgan fingerprint density at radius 1 is 1.37 bits per heavy atom. The van der Waals surface area contributed by atoms with Crippen molar-refractivity contribution in [1.29, 1.82) is 0 Å². The van der Waals surface area contributed by atoms with E-state index < -0.39 is 10.8 Å². The maximum Gasteiger partial charge on any atom is 0.273 e. The summed E-state index contributed by atoms with van der Waals surface area (Å²) >= 11 is 6.17. The van der Waals surface area contributed by atoms with Crippen LogP contribution in [-0.4, -0.2) is 30.8 Å². The van der Waals surface area contributed by atoms with E-state index in [0.717, 1.165) is 0 Å². The van der Waals surface area contributed by atoms with Crippen LogP contribution in [0.3, 0.4) is 0 Å². The van der Waals surface area contributed by atoms with Gasteiger partial charge in [0, 0.05) is 11.6 Å². The molecule has 9 heteroatoms. The number of amides is 1. The summed E-state index contributed by atoms with van der Waals surface area (Å²) < 4.78 is 10.7.